The molecule has 0 amide bonds. The zero-order valence-electron chi connectivity index (χ0n) is 12.1. The minimum atomic E-state index is 0.356. The van der Waals surface area contributed by atoms with Crippen LogP contribution < -0.4 is 10.5 Å². The molecule has 20 heavy (non-hydrogen) atoms. The third-order valence-corrected chi connectivity index (χ3v) is 3.16. The summed E-state index contributed by atoms with van der Waals surface area (Å²) in [6, 6.07) is 12.3. The van der Waals surface area contributed by atoms with Gasteiger partial charge in [-0.25, -0.2) is 0 Å². The van der Waals surface area contributed by atoms with E-state index in [4.69, 9.17) is 10.5 Å². The van der Waals surface area contributed by atoms with Crippen LogP contribution in [0.4, 0.5) is 0 Å². The van der Waals surface area contributed by atoms with Gasteiger partial charge in [-0.15, -0.1) is 0 Å². The van der Waals surface area contributed by atoms with Crippen LogP contribution in [-0.4, -0.2) is 13.2 Å². The Kier molecular flexibility index (Phi) is 5.03. The Bertz CT molecular complexity index is 635. The number of hydrogen-bond acceptors (Lipinski definition) is 2. The minimum absolute atomic E-state index is 0.356. The maximum absolute atomic E-state index is 5.91. The highest BCUT2D eigenvalue weighted by Gasteiger charge is 2.07. The largest absolute Gasteiger partial charge is 0.492 e. The lowest BCUT2D eigenvalue weighted by molar-refractivity contribution is 0.289. The van der Waals surface area contributed by atoms with E-state index in [-0.39, 0.29) is 0 Å². The molecule has 0 radical (unpaired) electrons. The van der Waals surface area contributed by atoms with Crippen LogP contribution in [0.1, 0.15) is 25.8 Å². The predicted molar refractivity (Wildman–Crippen MR) is 84.8 cm³/mol. The van der Waals surface area contributed by atoms with Crippen molar-refractivity contribution in [2.75, 3.05) is 13.2 Å². The molecule has 104 valence electrons. The second kappa shape index (κ2) is 6.98. The summed E-state index contributed by atoms with van der Waals surface area (Å²) in [6.07, 6.45) is 1.04. The van der Waals surface area contributed by atoms with Gasteiger partial charge < -0.3 is 10.5 Å². The molecule has 0 atom stereocenters. The van der Waals surface area contributed by atoms with Crippen molar-refractivity contribution < 1.29 is 4.74 Å². The maximum atomic E-state index is 5.91. The average Bonchev–Trinajstić information content (AvgIpc) is 2.45. The van der Waals surface area contributed by atoms with Crippen molar-refractivity contribution in [2.45, 2.75) is 20.3 Å². The van der Waals surface area contributed by atoms with Crippen LogP contribution in [0.5, 0.6) is 5.75 Å². The summed E-state index contributed by atoms with van der Waals surface area (Å²) >= 11 is 0. The monoisotopic (exact) mass is 267 g/mol. The van der Waals surface area contributed by atoms with E-state index in [1.807, 2.05) is 18.2 Å². The second-order valence-corrected chi connectivity index (χ2v) is 5.20. The van der Waals surface area contributed by atoms with Gasteiger partial charge in [0.1, 0.15) is 5.75 Å². The Hall–Kier alpha value is -1.98. The summed E-state index contributed by atoms with van der Waals surface area (Å²) in [7, 11) is 0. The molecule has 2 aromatic carbocycles. The van der Waals surface area contributed by atoms with E-state index in [2.05, 4.69) is 43.9 Å². The van der Waals surface area contributed by atoms with E-state index in [9.17, 15) is 0 Å². The van der Waals surface area contributed by atoms with Gasteiger partial charge in [-0.2, -0.15) is 0 Å². The van der Waals surface area contributed by atoms with Crippen molar-refractivity contribution in [3.8, 4) is 17.6 Å². The molecule has 0 fully saturated rings. The number of rotatable bonds is 4. The third kappa shape index (κ3) is 3.53. The zero-order chi connectivity index (χ0) is 14.4. The van der Waals surface area contributed by atoms with Crippen LogP contribution in [0, 0.1) is 17.8 Å². The molecule has 0 saturated carbocycles. The average molecular weight is 267 g/mol. The molecule has 0 aliphatic heterocycles. The number of nitrogens with two attached hydrogens (primary N) is 1. The van der Waals surface area contributed by atoms with Crippen molar-refractivity contribution >= 4 is 10.8 Å². The van der Waals surface area contributed by atoms with Gasteiger partial charge in [-0.1, -0.05) is 56.0 Å². The van der Waals surface area contributed by atoms with E-state index < -0.39 is 0 Å². The molecule has 2 rings (SSSR count). The fraction of sp³-hybridized carbons (Fsp3) is 0.333. The van der Waals surface area contributed by atoms with Crippen LogP contribution in [-0.2, 0) is 0 Å². The molecule has 2 aromatic rings. The van der Waals surface area contributed by atoms with Crippen molar-refractivity contribution in [1.29, 1.82) is 0 Å². The molecule has 0 aliphatic rings. The summed E-state index contributed by atoms with van der Waals surface area (Å²) in [5.74, 6) is 7.57. The molecule has 0 spiro atoms. The molecule has 0 unspecified atom stereocenters. The summed E-state index contributed by atoms with van der Waals surface area (Å²) in [5.41, 5.74) is 6.44. The van der Waals surface area contributed by atoms with Crippen LogP contribution in [0.15, 0.2) is 36.4 Å². The Morgan fingerprint density at radius 1 is 1.15 bits per heavy atom. The first-order valence-electron chi connectivity index (χ1n) is 7.06. The number of benzene rings is 2. The summed E-state index contributed by atoms with van der Waals surface area (Å²) < 4.78 is 5.91. The van der Waals surface area contributed by atoms with Gasteiger partial charge in [0.05, 0.1) is 18.7 Å². The molecule has 2 N–H and O–H groups in total. The molecule has 2 heteroatoms. The molecular formula is C18H21NO. The van der Waals surface area contributed by atoms with Crippen molar-refractivity contribution in [3.05, 3.63) is 42.0 Å². The highest BCUT2D eigenvalue weighted by Crippen LogP contribution is 2.27. The number of hydrogen-bond donors (Lipinski definition) is 1. The van der Waals surface area contributed by atoms with E-state index in [1.165, 1.54) is 5.39 Å². The molecule has 2 nitrogen and oxygen atoms in total. The first-order valence-corrected chi connectivity index (χ1v) is 7.06. The van der Waals surface area contributed by atoms with E-state index in [0.29, 0.717) is 19.1 Å². The molecule has 0 aromatic heterocycles. The molecular weight excluding hydrogens is 246 g/mol. The van der Waals surface area contributed by atoms with Crippen LogP contribution >= 0.6 is 0 Å². The van der Waals surface area contributed by atoms with Crippen molar-refractivity contribution in [2.24, 2.45) is 11.7 Å². The summed E-state index contributed by atoms with van der Waals surface area (Å²) in [6.45, 7) is 5.46. The Morgan fingerprint density at radius 2 is 1.95 bits per heavy atom. The van der Waals surface area contributed by atoms with Gasteiger partial charge >= 0.3 is 0 Å². The van der Waals surface area contributed by atoms with Gasteiger partial charge in [0.2, 0.25) is 0 Å². The molecule has 0 saturated heterocycles. The van der Waals surface area contributed by atoms with Crippen molar-refractivity contribution in [3.63, 3.8) is 0 Å². The fourth-order valence-corrected chi connectivity index (χ4v) is 2.04. The Balaban J connectivity index is 2.37. The smallest absolute Gasteiger partial charge is 0.135 e. The highest BCUT2D eigenvalue weighted by molar-refractivity contribution is 5.90. The van der Waals surface area contributed by atoms with Gasteiger partial charge in [0.25, 0.3) is 0 Å². The van der Waals surface area contributed by atoms with Gasteiger partial charge in [-0.3, -0.25) is 0 Å². The SMILES string of the molecule is CC(C)CCOc1ccc2ccccc2c1C#CCN. The van der Waals surface area contributed by atoms with E-state index in [0.717, 1.165) is 23.1 Å². The molecule has 0 heterocycles. The second-order valence-electron chi connectivity index (χ2n) is 5.20. The summed E-state index contributed by atoms with van der Waals surface area (Å²) in [5, 5.41) is 2.29. The summed E-state index contributed by atoms with van der Waals surface area (Å²) in [4.78, 5) is 0. The minimum Gasteiger partial charge on any atom is -0.492 e. The van der Waals surface area contributed by atoms with E-state index in [1.54, 1.807) is 0 Å². The number of fused-ring (bicyclic) bond motifs is 1. The Morgan fingerprint density at radius 3 is 2.70 bits per heavy atom. The molecule has 0 aliphatic carbocycles. The first-order chi connectivity index (χ1) is 9.72. The quantitative estimate of drug-likeness (QED) is 0.859. The van der Waals surface area contributed by atoms with Gasteiger partial charge in [0, 0.05) is 5.39 Å². The zero-order valence-corrected chi connectivity index (χ0v) is 12.1. The lowest BCUT2D eigenvalue weighted by Gasteiger charge is -2.12. The topological polar surface area (TPSA) is 35.2 Å². The maximum Gasteiger partial charge on any atom is 0.135 e. The Labute approximate surface area is 120 Å². The van der Waals surface area contributed by atoms with Gasteiger partial charge in [0.15, 0.2) is 0 Å². The van der Waals surface area contributed by atoms with Crippen LogP contribution in [0.25, 0.3) is 10.8 Å². The first kappa shape index (κ1) is 14.4. The van der Waals surface area contributed by atoms with Gasteiger partial charge in [-0.05, 0) is 23.8 Å². The van der Waals surface area contributed by atoms with Crippen LogP contribution in [0.3, 0.4) is 0 Å². The fourth-order valence-electron chi connectivity index (χ4n) is 2.04. The number of ether oxygens (including phenoxy) is 1. The normalized spacial score (nSPS) is 10.4. The molecule has 0 bridgehead atoms. The lowest BCUT2D eigenvalue weighted by atomic mass is 10.0. The van der Waals surface area contributed by atoms with Crippen LogP contribution in [0.2, 0.25) is 0 Å². The third-order valence-electron chi connectivity index (χ3n) is 3.16. The van der Waals surface area contributed by atoms with E-state index >= 15 is 0 Å². The lowest BCUT2D eigenvalue weighted by Crippen LogP contribution is -2.03. The standard InChI is InChI=1S/C18H21NO/c1-14(2)11-13-20-18-10-9-15-6-3-4-7-16(15)17(18)8-5-12-19/h3-4,6-7,9-10,14H,11-13,19H2,1-2H3. The predicted octanol–water partition coefficient (Wildman–Crippen LogP) is 3.57. The highest BCUT2D eigenvalue weighted by atomic mass is 16.5. The van der Waals surface area contributed by atoms with Crippen molar-refractivity contribution in [1.82, 2.24) is 0 Å².